The Morgan fingerprint density at radius 1 is 1.07 bits per heavy atom. The van der Waals surface area contributed by atoms with Crippen LogP contribution in [0, 0.1) is 0 Å². The van der Waals surface area contributed by atoms with Gasteiger partial charge in [0.15, 0.2) is 23.2 Å². The first-order valence-corrected chi connectivity index (χ1v) is 16.1. The normalized spacial score (nSPS) is 28.1. The number of ether oxygens (including phenoxy) is 3. The number of aliphatic hydroxyl groups is 1. The highest BCUT2D eigenvalue weighted by Gasteiger charge is 2.53. The van der Waals surface area contributed by atoms with Crippen molar-refractivity contribution in [3.8, 4) is 0 Å². The van der Waals surface area contributed by atoms with Gasteiger partial charge in [-0.25, -0.2) is 19.6 Å². The van der Waals surface area contributed by atoms with Crippen LogP contribution >= 0.6 is 8.53 Å². The molecule has 2 aromatic heterocycles. The van der Waals surface area contributed by atoms with E-state index in [-0.39, 0.29) is 37.1 Å². The molecule has 7 atom stereocenters. The number of benzene rings is 2. The van der Waals surface area contributed by atoms with Gasteiger partial charge in [-0.1, -0.05) is 48.5 Å². The maximum Gasteiger partial charge on any atom is 0.260 e. The highest BCUT2D eigenvalue weighted by Crippen LogP contribution is 2.61. The van der Waals surface area contributed by atoms with Crippen molar-refractivity contribution in [3.05, 3.63) is 84.4 Å². The molecule has 0 saturated carbocycles. The molecular weight excluding hydrogens is 599 g/mol. The van der Waals surface area contributed by atoms with E-state index in [0.29, 0.717) is 23.3 Å². The first-order valence-electron chi connectivity index (χ1n) is 15.0. The van der Waals surface area contributed by atoms with Crippen LogP contribution in [0.2, 0.25) is 0 Å². The lowest BCUT2D eigenvalue weighted by atomic mass is 10.0. The molecule has 3 aliphatic heterocycles. The van der Waals surface area contributed by atoms with Crippen molar-refractivity contribution in [2.45, 2.75) is 49.5 Å². The molecule has 45 heavy (non-hydrogen) atoms. The Morgan fingerprint density at radius 2 is 1.87 bits per heavy atom. The van der Waals surface area contributed by atoms with Crippen LogP contribution in [-0.4, -0.2) is 93.0 Å². The largest absolute Gasteiger partial charge is 0.394 e. The van der Waals surface area contributed by atoms with Crippen LogP contribution in [0.3, 0.4) is 0 Å². The Labute approximate surface area is 261 Å². The quantitative estimate of drug-likeness (QED) is 0.184. The number of nitrogens with one attached hydrogen (secondary N) is 1. The number of aromatic nitrogens is 4. The molecule has 0 radical (unpaired) electrons. The van der Waals surface area contributed by atoms with Gasteiger partial charge in [0.05, 0.1) is 26.1 Å². The van der Waals surface area contributed by atoms with E-state index in [0.717, 1.165) is 24.9 Å². The summed E-state index contributed by atoms with van der Waals surface area (Å²) in [6.07, 6.45) is 2.14. The predicted molar refractivity (Wildman–Crippen MR) is 164 cm³/mol. The number of hydrogen-bond donors (Lipinski definition) is 2. The standard InChI is InChI=1S/C31H35N6O7P/c1-40-15-16-41-27-26(44-45-37-14-8-13-22(37)25(43-45)20-9-4-2-5-10-20)23(17-38)42-31(27)36-19-34-24-28(32-18-33-29(24)36)35-30(39)21-11-6-3-7-12-21/h2-7,9-12,18-19,22-23,25-27,31,38H,8,13-17H2,1H3,(H,32,33,35,39)/t22-,23-,25+,26?,27+,31-,45+/m1/s1. The molecule has 236 valence electrons. The van der Waals surface area contributed by atoms with Crippen LogP contribution in [0.25, 0.3) is 11.2 Å². The highest BCUT2D eigenvalue weighted by atomic mass is 31.2. The maximum absolute atomic E-state index is 12.9. The van der Waals surface area contributed by atoms with Gasteiger partial charge in [-0.15, -0.1) is 0 Å². The van der Waals surface area contributed by atoms with Gasteiger partial charge in [0.2, 0.25) is 0 Å². The molecule has 3 saturated heterocycles. The summed E-state index contributed by atoms with van der Waals surface area (Å²) in [5, 5.41) is 13.3. The zero-order chi connectivity index (χ0) is 30.8. The van der Waals surface area contributed by atoms with Crippen molar-refractivity contribution in [1.29, 1.82) is 0 Å². The topological polar surface area (TPSA) is 142 Å². The van der Waals surface area contributed by atoms with E-state index in [1.54, 1.807) is 42.3 Å². The number of nitrogens with zero attached hydrogens (tertiary/aromatic N) is 5. The van der Waals surface area contributed by atoms with Crippen LogP contribution in [0.5, 0.6) is 0 Å². The minimum atomic E-state index is -1.45. The summed E-state index contributed by atoms with van der Waals surface area (Å²) in [5.41, 5.74) is 2.43. The van der Waals surface area contributed by atoms with Gasteiger partial charge >= 0.3 is 0 Å². The van der Waals surface area contributed by atoms with Crippen LogP contribution in [0.15, 0.2) is 73.3 Å². The molecule has 3 aliphatic rings. The molecule has 3 fully saturated rings. The van der Waals surface area contributed by atoms with E-state index in [9.17, 15) is 9.90 Å². The van der Waals surface area contributed by atoms with Gasteiger partial charge in [0, 0.05) is 25.3 Å². The highest BCUT2D eigenvalue weighted by molar-refractivity contribution is 7.45. The monoisotopic (exact) mass is 634 g/mol. The number of methoxy groups -OCH3 is 1. The van der Waals surface area contributed by atoms with E-state index in [4.69, 9.17) is 23.3 Å². The third-order valence-electron chi connectivity index (χ3n) is 8.34. The van der Waals surface area contributed by atoms with Crippen molar-refractivity contribution in [1.82, 2.24) is 24.2 Å². The smallest absolute Gasteiger partial charge is 0.260 e. The number of anilines is 1. The van der Waals surface area contributed by atoms with Gasteiger partial charge < -0.3 is 33.7 Å². The van der Waals surface area contributed by atoms with Crippen molar-refractivity contribution in [3.63, 3.8) is 0 Å². The van der Waals surface area contributed by atoms with Gasteiger partial charge in [0.1, 0.15) is 30.7 Å². The first kappa shape index (κ1) is 30.3. The SMILES string of the molecule is COCCO[C@H]1C(O[P@]2O[C@@H](c3ccccc3)[C@H]3CCCN32)[C@@H](CO)O[C@H]1n1cnc2c(NC(=O)c3ccccc3)ncnc21. The lowest BCUT2D eigenvalue weighted by Gasteiger charge is -2.28. The van der Waals surface area contributed by atoms with Crippen LogP contribution in [-0.2, 0) is 23.3 Å². The molecule has 14 heteroatoms. The van der Waals surface area contributed by atoms with Gasteiger partial charge in [-0.05, 0) is 30.5 Å². The summed E-state index contributed by atoms with van der Waals surface area (Å²) in [7, 11) is 0.154. The van der Waals surface area contributed by atoms with Gasteiger partial charge in [-0.2, -0.15) is 0 Å². The van der Waals surface area contributed by atoms with E-state index >= 15 is 0 Å². The number of rotatable bonds is 11. The third-order valence-corrected chi connectivity index (χ3v) is 10.1. The number of carbonyl (C=O) groups excluding carboxylic acids is 1. The molecule has 7 rings (SSSR count). The van der Waals surface area contributed by atoms with Crippen molar-refractivity contribution in [2.75, 3.05) is 38.8 Å². The number of imidazole rings is 1. The Bertz CT molecular complexity index is 1600. The maximum atomic E-state index is 12.9. The molecule has 13 nitrogen and oxygen atoms in total. The summed E-state index contributed by atoms with van der Waals surface area (Å²) in [6, 6.07) is 19.3. The summed E-state index contributed by atoms with van der Waals surface area (Å²) in [5.74, 6) is -0.0476. The van der Waals surface area contributed by atoms with E-state index in [2.05, 4.69) is 37.1 Å². The zero-order valence-corrected chi connectivity index (χ0v) is 25.6. The summed E-state index contributed by atoms with van der Waals surface area (Å²) < 4.78 is 35.4. The van der Waals surface area contributed by atoms with E-state index in [1.165, 1.54) is 6.33 Å². The van der Waals surface area contributed by atoms with Crippen LogP contribution in [0.4, 0.5) is 5.82 Å². The molecule has 4 aromatic rings. The summed E-state index contributed by atoms with van der Waals surface area (Å²) >= 11 is 0. The average Bonchev–Trinajstić information content (AvgIpc) is 3.86. The average molecular weight is 635 g/mol. The minimum Gasteiger partial charge on any atom is -0.394 e. The van der Waals surface area contributed by atoms with Gasteiger partial charge in [0.25, 0.3) is 14.4 Å². The molecule has 2 N–H and O–H groups in total. The van der Waals surface area contributed by atoms with Crippen LogP contribution < -0.4 is 5.32 Å². The Kier molecular flexibility index (Phi) is 9.11. The molecular formula is C31H35N6O7P. The zero-order valence-electron chi connectivity index (χ0n) is 24.7. The molecule has 0 bridgehead atoms. The number of hydrogen-bond acceptors (Lipinski definition) is 11. The third kappa shape index (κ3) is 5.98. The second kappa shape index (κ2) is 13.5. The number of fused-ring (bicyclic) bond motifs is 2. The molecule has 1 amide bonds. The number of amides is 1. The minimum absolute atomic E-state index is 0.0998. The fourth-order valence-electron chi connectivity index (χ4n) is 6.18. The Hall–Kier alpha value is -3.39. The summed E-state index contributed by atoms with van der Waals surface area (Å²) in [4.78, 5) is 26.2. The molecule has 0 spiro atoms. The van der Waals surface area contributed by atoms with Crippen molar-refractivity contribution >= 4 is 31.4 Å². The van der Waals surface area contributed by atoms with E-state index < -0.39 is 33.1 Å². The Morgan fingerprint density at radius 3 is 2.64 bits per heavy atom. The lowest BCUT2D eigenvalue weighted by molar-refractivity contribution is -0.0776. The van der Waals surface area contributed by atoms with Crippen LogP contribution in [0.1, 0.15) is 41.1 Å². The van der Waals surface area contributed by atoms with Crippen molar-refractivity contribution in [2.24, 2.45) is 0 Å². The van der Waals surface area contributed by atoms with Gasteiger partial charge in [-0.3, -0.25) is 9.36 Å². The fraction of sp³-hybridized carbons (Fsp3) is 0.419. The molecule has 0 aliphatic carbocycles. The predicted octanol–water partition coefficient (Wildman–Crippen LogP) is 3.85. The number of carbonyl (C=O) groups is 1. The summed E-state index contributed by atoms with van der Waals surface area (Å²) in [6.45, 7) is 1.21. The fourth-order valence-corrected chi connectivity index (χ4v) is 8.18. The molecule has 1 unspecified atom stereocenters. The second-order valence-corrected chi connectivity index (χ2v) is 12.5. The lowest BCUT2D eigenvalue weighted by Crippen LogP contribution is -2.38. The first-order chi connectivity index (χ1) is 22.2. The second-order valence-electron chi connectivity index (χ2n) is 11.1. The molecule has 5 heterocycles. The van der Waals surface area contributed by atoms with Crippen molar-refractivity contribution < 1.29 is 33.2 Å². The Balaban J connectivity index is 1.16. The molecule has 2 aromatic carbocycles. The number of aliphatic hydroxyl groups excluding tert-OH is 1. The van der Waals surface area contributed by atoms with E-state index in [1.807, 2.05) is 24.3 Å².